The third-order valence-corrected chi connectivity index (χ3v) is 6.73. The molecule has 20 heavy (non-hydrogen) atoms. The maximum absolute atomic E-state index is 12.0. The van der Waals surface area contributed by atoms with E-state index < -0.39 is 35.8 Å². The van der Waals surface area contributed by atoms with Crippen LogP contribution < -0.4 is 4.72 Å². The van der Waals surface area contributed by atoms with Crippen LogP contribution in [0, 0.1) is 10.1 Å². The van der Waals surface area contributed by atoms with Crippen molar-refractivity contribution in [2.45, 2.75) is 11.7 Å². The van der Waals surface area contributed by atoms with Crippen molar-refractivity contribution in [1.82, 2.24) is 0 Å². The first-order chi connectivity index (χ1) is 9.20. The number of hydrogen-bond acceptors (Lipinski definition) is 6. The lowest BCUT2D eigenvalue weighted by Gasteiger charge is -2.12. The predicted octanol–water partition coefficient (Wildman–Crippen LogP) is 0.524. The summed E-state index contributed by atoms with van der Waals surface area (Å²) in [6.45, 7) is 0. The molecule has 10 heteroatoms. The average molecular weight is 320 g/mol. The van der Waals surface area contributed by atoms with E-state index in [1.54, 1.807) is 0 Å². The number of hydrogen-bond donors (Lipinski definition) is 1. The van der Waals surface area contributed by atoms with E-state index in [0.717, 1.165) is 6.07 Å². The lowest BCUT2D eigenvalue weighted by molar-refractivity contribution is -0.384. The molecule has 110 valence electrons. The fourth-order valence-electron chi connectivity index (χ4n) is 1.94. The van der Waals surface area contributed by atoms with Crippen LogP contribution in [0.3, 0.4) is 0 Å². The van der Waals surface area contributed by atoms with Gasteiger partial charge in [-0.05, 0) is 12.5 Å². The van der Waals surface area contributed by atoms with Crippen LogP contribution in [-0.4, -0.2) is 38.5 Å². The lowest BCUT2D eigenvalue weighted by atomic mass is 10.3. The van der Waals surface area contributed by atoms with E-state index >= 15 is 0 Å². The summed E-state index contributed by atoms with van der Waals surface area (Å²) in [4.78, 5) is 9.97. The summed E-state index contributed by atoms with van der Waals surface area (Å²) in [6.07, 6.45) is 0.0343. The zero-order valence-electron chi connectivity index (χ0n) is 10.2. The fraction of sp³-hybridized carbons (Fsp3) is 0.400. The molecule has 1 aromatic carbocycles. The minimum atomic E-state index is -3.88. The predicted molar refractivity (Wildman–Crippen MR) is 72.7 cm³/mol. The molecule has 0 amide bonds. The van der Waals surface area contributed by atoms with Crippen LogP contribution in [-0.2, 0) is 19.9 Å². The molecule has 1 atom stereocenters. The molecule has 1 aliphatic heterocycles. The molecule has 1 heterocycles. The Morgan fingerprint density at radius 3 is 2.60 bits per heavy atom. The van der Waals surface area contributed by atoms with Crippen molar-refractivity contribution >= 4 is 31.2 Å². The van der Waals surface area contributed by atoms with E-state index in [4.69, 9.17) is 0 Å². The summed E-state index contributed by atoms with van der Waals surface area (Å²) >= 11 is 0. The summed E-state index contributed by atoms with van der Waals surface area (Å²) in [5, 5.41) is 9.59. The van der Waals surface area contributed by atoms with E-state index in [2.05, 4.69) is 4.72 Å². The monoisotopic (exact) mass is 320 g/mol. The summed E-state index contributed by atoms with van der Waals surface area (Å²) in [7, 11) is -7.20. The first-order valence-corrected chi connectivity index (χ1v) is 9.03. The molecule has 8 nitrogen and oxygen atoms in total. The van der Waals surface area contributed by atoms with Crippen LogP contribution in [0.1, 0.15) is 6.42 Å². The molecule has 2 rings (SSSR count). The Morgan fingerprint density at radius 2 is 2.05 bits per heavy atom. The fourth-order valence-corrected chi connectivity index (χ4v) is 6.02. The third-order valence-electron chi connectivity index (χ3n) is 2.95. The Morgan fingerprint density at radius 1 is 1.35 bits per heavy atom. The first-order valence-electron chi connectivity index (χ1n) is 5.66. The topological polar surface area (TPSA) is 123 Å². The summed E-state index contributed by atoms with van der Waals surface area (Å²) in [6, 6.07) is 5.04. The van der Waals surface area contributed by atoms with Gasteiger partial charge in [-0.2, -0.15) is 0 Å². The number of nitrogens with one attached hydrogen (secondary N) is 1. The number of sulfone groups is 1. The number of non-ortho nitro benzene ring substituents is 1. The Balaban J connectivity index is 2.21. The molecule has 0 bridgehead atoms. The highest BCUT2D eigenvalue weighted by atomic mass is 32.2. The van der Waals surface area contributed by atoms with Gasteiger partial charge in [-0.25, -0.2) is 16.8 Å². The second-order valence-corrected chi connectivity index (χ2v) is 8.67. The van der Waals surface area contributed by atoms with Gasteiger partial charge in [-0.3, -0.25) is 14.8 Å². The van der Waals surface area contributed by atoms with Gasteiger partial charge in [-0.1, -0.05) is 6.07 Å². The normalized spacial score (nSPS) is 21.5. The highest BCUT2D eigenvalue weighted by molar-refractivity contribution is 7.97. The van der Waals surface area contributed by atoms with E-state index in [9.17, 15) is 26.9 Å². The smallest absolute Gasteiger partial charge is 0.271 e. The maximum atomic E-state index is 12.0. The lowest BCUT2D eigenvalue weighted by Crippen LogP contribution is -2.28. The quantitative estimate of drug-likeness (QED) is 0.637. The number of anilines is 1. The van der Waals surface area contributed by atoms with Crippen LogP contribution in [0.5, 0.6) is 0 Å². The molecule has 1 aromatic rings. The van der Waals surface area contributed by atoms with E-state index in [1.165, 1.54) is 18.2 Å². The molecule has 1 fully saturated rings. The Hall–Kier alpha value is -1.68. The number of nitro benzene ring substituents is 1. The number of benzene rings is 1. The van der Waals surface area contributed by atoms with Gasteiger partial charge >= 0.3 is 0 Å². The van der Waals surface area contributed by atoms with Gasteiger partial charge in [0, 0.05) is 12.1 Å². The van der Waals surface area contributed by atoms with Crippen LogP contribution in [0.2, 0.25) is 0 Å². The minimum Gasteiger partial charge on any atom is -0.283 e. The number of nitro groups is 1. The van der Waals surface area contributed by atoms with E-state index in [0.29, 0.717) is 0 Å². The van der Waals surface area contributed by atoms with Gasteiger partial charge in [0.05, 0.1) is 27.4 Å². The van der Waals surface area contributed by atoms with Crippen molar-refractivity contribution in [3.8, 4) is 0 Å². The number of nitrogens with zero attached hydrogens (tertiary/aromatic N) is 1. The van der Waals surface area contributed by atoms with Crippen LogP contribution in [0.15, 0.2) is 24.3 Å². The molecule has 1 saturated heterocycles. The van der Waals surface area contributed by atoms with Crippen molar-refractivity contribution in [3.63, 3.8) is 0 Å². The largest absolute Gasteiger partial charge is 0.283 e. The maximum Gasteiger partial charge on any atom is 0.271 e. The van der Waals surface area contributed by atoms with E-state index in [-0.39, 0.29) is 23.5 Å². The SMILES string of the molecule is O=[N+]([O-])c1cccc(NS(=O)(=O)[C@@H]2CCS(=O)(=O)C2)c1. The zero-order valence-corrected chi connectivity index (χ0v) is 11.9. The van der Waals surface area contributed by atoms with Crippen molar-refractivity contribution in [2.24, 2.45) is 0 Å². The van der Waals surface area contributed by atoms with Crippen LogP contribution in [0.25, 0.3) is 0 Å². The molecule has 0 spiro atoms. The van der Waals surface area contributed by atoms with Gasteiger partial charge in [0.2, 0.25) is 10.0 Å². The van der Waals surface area contributed by atoms with Crippen molar-refractivity contribution < 1.29 is 21.8 Å². The molecule has 0 unspecified atom stereocenters. The van der Waals surface area contributed by atoms with Crippen LogP contribution in [0.4, 0.5) is 11.4 Å². The summed E-state index contributed by atoms with van der Waals surface area (Å²) in [5.74, 6) is -0.579. The van der Waals surface area contributed by atoms with Gasteiger partial charge in [0.25, 0.3) is 5.69 Å². The molecule has 0 radical (unpaired) electrons. The number of rotatable bonds is 4. The summed E-state index contributed by atoms with van der Waals surface area (Å²) < 4.78 is 48.9. The highest BCUT2D eigenvalue weighted by Gasteiger charge is 2.37. The Kier molecular flexibility index (Phi) is 3.69. The Bertz CT molecular complexity index is 741. The molecule has 0 aliphatic carbocycles. The first kappa shape index (κ1) is 14.7. The van der Waals surface area contributed by atoms with Gasteiger partial charge in [-0.15, -0.1) is 0 Å². The molecular formula is C10H12N2O6S2. The zero-order chi connectivity index (χ0) is 15.0. The third kappa shape index (κ3) is 3.25. The molecule has 0 saturated carbocycles. The second kappa shape index (κ2) is 5.02. The molecule has 1 aliphatic rings. The Labute approximate surface area is 115 Å². The van der Waals surface area contributed by atoms with Crippen LogP contribution >= 0.6 is 0 Å². The van der Waals surface area contributed by atoms with Gasteiger partial charge in [0.1, 0.15) is 0 Å². The van der Waals surface area contributed by atoms with E-state index in [1.807, 2.05) is 0 Å². The average Bonchev–Trinajstić information content (AvgIpc) is 2.70. The second-order valence-electron chi connectivity index (χ2n) is 4.48. The number of sulfonamides is 1. The molecule has 1 N–H and O–H groups in total. The van der Waals surface area contributed by atoms with Crippen molar-refractivity contribution in [1.29, 1.82) is 0 Å². The van der Waals surface area contributed by atoms with Gasteiger partial charge in [0.15, 0.2) is 9.84 Å². The highest BCUT2D eigenvalue weighted by Crippen LogP contribution is 2.23. The molecule has 0 aromatic heterocycles. The van der Waals surface area contributed by atoms with Crippen molar-refractivity contribution in [3.05, 3.63) is 34.4 Å². The van der Waals surface area contributed by atoms with Gasteiger partial charge < -0.3 is 0 Å². The minimum absolute atomic E-state index is 0.0343. The standard InChI is InChI=1S/C10H12N2O6S2/c13-12(14)9-3-1-2-8(6-9)11-20(17,18)10-4-5-19(15,16)7-10/h1-3,6,10-11H,4-5,7H2/t10-/m1/s1. The summed E-state index contributed by atoms with van der Waals surface area (Å²) in [5.41, 5.74) is -0.201. The molecular weight excluding hydrogens is 308 g/mol. The van der Waals surface area contributed by atoms with Crippen molar-refractivity contribution in [2.75, 3.05) is 16.2 Å².